The van der Waals surface area contributed by atoms with E-state index in [1.807, 2.05) is 27.7 Å². The molecule has 3 heterocycles. The third kappa shape index (κ3) is 4.90. The van der Waals surface area contributed by atoms with Crippen molar-refractivity contribution in [1.82, 2.24) is 19.1 Å². The minimum absolute atomic E-state index is 0.0643. The first-order valence-corrected chi connectivity index (χ1v) is 13.5. The third-order valence-electron chi connectivity index (χ3n) is 6.10. The summed E-state index contributed by atoms with van der Waals surface area (Å²) in [7, 11) is -3.74. The minimum atomic E-state index is -3.74. The lowest BCUT2D eigenvalue weighted by molar-refractivity contribution is 0.102. The van der Waals surface area contributed by atoms with Crippen LogP contribution in [-0.4, -0.2) is 53.1 Å². The van der Waals surface area contributed by atoms with E-state index in [4.69, 9.17) is 9.72 Å². The summed E-state index contributed by atoms with van der Waals surface area (Å²) in [5.74, 6) is 0.0458. The predicted molar refractivity (Wildman–Crippen MR) is 136 cm³/mol. The summed E-state index contributed by atoms with van der Waals surface area (Å²) in [6, 6.07) is 6.61. The molecule has 0 spiro atoms. The van der Waals surface area contributed by atoms with Crippen LogP contribution in [0.2, 0.25) is 0 Å². The average molecular weight is 500 g/mol. The Morgan fingerprint density at radius 2 is 1.86 bits per heavy atom. The van der Waals surface area contributed by atoms with Gasteiger partial charge in [0.1, 0.15) is 10.6 Å². The zero-order valence-electron chi connectivity index (χ0n) is 20.9. The molecule has 4 rings (SSSR count). The van der Waals surface area contributed by atoms with Crippen LogP contribution in [0.1, 0.15) is 75.5 Å². The molecule has 188 valence electrons. The van der Waals surface area contributed by atoms with Crippen molar-refractivity contribution < 1.29 is 17.9 Å². The van der Waals surface area contributed by atoms with Gasteiger partial charge in [-0.05, 0) is 63.8 Å². The van der Waals surface area contributed by atoms with Crippen LogP contribution in [0.25, 0.3) is 11.0 Å². The highest BCUT2D eigenvalue weighted by molar-refractivity contribution is 7.89. The summed E-state index contributed by atoms with van der Waals surface area (Å²) in [5.41, 5.74) is 2.27. The highest BCUT2D eigenvalue weighted by Crippen LogP contribution is 2.32. The lowest BCUT2D eigenvalue weighted by Gasteiger charge is -2.19. The number of amides is 1. The van der Waals surface area contributed by atoms with Crippen molar-refractivity contribution in [2.24, 2.45) is 0 Å². The van der Waals surface area contributed by atoms with E-state index in [9.17, 15) is 13.2 Å². The number of nitrogens with zero attached hydrogens (tertiary/aromatic N) is 4. The number of aromatic nitrogens is 3. The molecule has 1 saturated heterocycles. The van der Waals surface area contributed by atoms with Crippen LogP contribution in [0.3, 0.4) is 0 Å². The van der Waals surface area contributed by atoms with Crippen LogP contribution in [0.5, 0.6) is 5.75 Å². The summed E-state index contributed by atoms with van der Waals surface area (Å²) in [4.78, 5) is 18.3. The van der Waals surface area contributed by atoms with Gasteiger partial charge in [0.2, 0.25) is 10.0 Å². The van der Waals surface area contributed by atoms with Gasteiger partial charge in [-0.3, -0.25) is 4.79 Å². The number of ether oxygens (including phenoxy) is 1. The Kier molecular flexibility index (Phi) is 7.14. The molecular formula is C25H33N5O4S. The van der Waals surface area contributed by atoms with Crippen LogP contribution >= 0.6 is 0 Å². The van der Waals surface area contributed by atoms with E-state index in [-0.39, 0.29) is 28.5 Å². The minimum Gasteiger partial charge on any atom is -0.492 e. The maximum Gasteiger partial charge on any atom is 0.256 e. The number of anilines is 1. The molecule has 0 unspecified atom stereocenters. The van der Waals surface area contributed by atoms with Gasteiger partial charge in [0, 0.05) is 30.5 Å². The highest BCUT2D eigenvalue weighted by Gasteiger charge is 2.30. The number of pyridine rings is 1. The Morgan fingerprint density at radius 3 is 2.49 bits per heavy atom. The maximum atomic E-state index is 13.4. The molecule has 35 heavy (non-hydrogen) atoms. The van der Waals surface area contributed by atoms with Crippen molar-refractivity contribution in [3.63, 3.8) is 0 Å². The Balaban J connectivity index is 1.74. The number of hydrogen-bond acceptors (Lipinski definition) is 6. The lowest BCUT2D eigenvalue weighted by Crippen LogP contribution is -2.28. The Labute approximate surface area is 206 Å². The number of carbonyl (C=O) groups excluding carboxylic acids is 1. The maximum absolute atomic E-state index is 13.4. The third-order valence-corrected chi connectivity index (χ3v) is 8.02. The zero-order chi connectivity index (χ0) is 25.3. The average Bonchev–Trinajstić information content (AvgIpc) is 3.50. The SMILES string of the molecule is CCOc1ccc(NC(=O)c2cc(C(C)C)nc3c2cnn3C(C)C)cc1S(=O)(=O)N1CCCC1. The highest BCUT2D eigenvalue weighted by atomic mass is 32.2. The van der Waals surface area contributed by atoms with Crippen molar-refractivity contribution >= 4 is 32.7 Å². The first kappa shape index (κ1) is 25.1. The monoisotopic (exact) mass is 499 g/mol. The topological polar surface area (TPSA) is 106 Å². The summed E-state index contributed by atoms with van der Waals surface area (Å²) in [6.45, 7) is 11.2. The second kappa shape index (κ2) is 9.94. The van der Waals surface area contributed by atoms with Gasteiger partial charge >= 0.3 is 0 Å². The van der Waals surface area contributed by atoms with Gasteiger partial charge in [0.15, 0.2) is 5.65 Å². The van der Waals surface area contributed by atoms with Gasteiger partial charge in [-0.15, -0.1) is 0 Å². The standard InChI is InChI=1S/C25H33N5O4S/c1-6-34-22-10-9-18(13-23(22)35(32,33)29-11-7-8-12-29)27-25(31)19-14-21(16(2)3)28-24-20(19)15-26-30(24)17(4)5/h9-10,13-17H,6-8,11-12H2,1-5H3,(H,27,31). The summed E-state index contributed by atoms with van der Waals surface area (Å²) in [5, 5.41) is 7.98. The molecule has 0 radical (unpaired) electrons. The molecule has 1 aromatic carbocycles. The number of rotatable bonds is 8. The Morgan fingerprint density at radius 1 is 1.14 bits per heavy atom. The molecular weight excluding hydrogens is 466 g/mol. The predicted octanol–water partition coefficient (Wildman–Crippen LogP) is 4.57. The molecule has 2 aromatic heterocycles. The zero-order valence-corrected chi connectivity index (χ0v) is 21.7. The van der Waals surface area contributed by atoms with E-state index in [1.165, 1.54) is 10.4 Å². The van der Waals surface area contributed by atoms with Crippen LogP contribution in [0.15, 0.2) is 35.4 Å². The quantitative estimate of drug-likeness (QED) is 0.487. The molecule has 1 N–H and O–H groups in total. The van der Waals surface area contributed by atoms with Crippen LogP contribution < -0.4 is 10.1 Å². The fraction of sp³-hybridized carbons (Fsp3) is 0.480. The fourth-order valence-electron chi connectivity index (χ4n) is 4.23. The van der Waals surface area contributed by atoms with Gasteiger partial charge < -0.3 is 10.1 Å². The van der Waals surface area contributed by atoms with Crippen molar-refractivity contribution in [3.8, 4) is 5.75 Å². The van der Waals surface area contributed by atoms with Gasteiger partial charge in [-0.1, -0.05) is 13.8 Å². The van der Waals surface area contributed by atoms with Crippen LogP contribution in [0, 0.1) is 0 Å². The molecule has 1 aliphatic heterocycles. The fourth-order valence-corrected chi connectivity index (χ4v) is 5.90. The van der Waals surface area contributed by atoms with Crippen molar-refractivity contribution in [1.29, 1.82) is 0 Å². The molecule has 3 aromatic rings. The first-order valence-electron chi connectivity index (χ1n) is 12.1. The molecule has 1 fully saturated rings. The van der Waals surface area contributed by atoms with E-state index < -0.39 is 10.0 Å². The molecule has 10 heteroatoms. The number of sulfonamides is 1. The molecule has 9 nitrogen and oxygen atoms in total. The molecule has 1 aliphatic rings. The molecule has 1 amide bonds. The van der Waals surface area contributed by atoms with Gasteiger partial charge in [0.25, 0.3) is 5.91 Å². The smallest absolute Gasteiger partial charge is 0.256 e. The second-order valence-corrected chi connectivity index (χ2v) is 11.2. The van der Waals surface area contributed by atoms with Gasteiger partial charge in [-0.2, -0.15) is 9.40 Å². The van der Waals surface area contributed by atoms with Gasteiger partial charge in [-0.25, -0.2) is 18.1 Å². The van der Waals surface area contributed by atoms with Crippen LogP contribution in [-0.2, 0) is 10.0 Å². The van der Waals surface area contributed by atoms with Crippen molar-refractivity contribution in [2.75, 3.05) is 25.0 Å². The summed E-state index contributed by atoms with van der Waals surface area (Å²) in [6.07, 6.45) is 3.32. The van der Waals surface area contributed by atoms with E-state index in [0.717, 1.165) is 18.5 Å². The number of benzene rings is 1. The normalized spacial score (nSPS) is 14.8. The number of nitrogens with one attached hydrogen (secondary N) is 1. The molecule has 0 saturated carbocycles. The first-order chi connectivity index (χ1) is 16.6. The molecule has 0 aliphatic carbocycles. The van der Waals surface area contributed by atoms with E-state index in [2.05, 4.69) is 10.4 Å². The molecule has 0 atom stereocenters. The summed E-state index contributed by atoms with van der Waals surface area (Å²) >= 11 is 0. The Bertz CT molecular complexity index is 1340. The van der Waals surface area contributed by atoms with E-state index in [1.54, 1.807) is 36.0 Å². The van der Waals surface area contributed by atoms with E-state index in [0.29, 0.717) is 42.0 Å². The van der Waals surface area contributed by atoms with Crippen molar-refractivity contribution in [3.05, 3.63) is 41.7 Å². The van der Waals surface area contributed by atoms with Crippen molar-refractivity contribution in [2.45, 2.75) is 64.3 Å². The lowest BCUT2D eigenvalue weighted by atomic mass is 10.0. The summed E-state index contributed by atoms with van der Waals surface area (Å²) < 4.78 is 35.5. The molecule has 0 bridgehead atoms. The number of fused-ring (bicyclic) bond motifs is 1. The largest absolute Gasteiger partial charge is 0.492 e. The van der Waals surface area contributed by atoms with E-state index >= 15 is 0 Å². The Hall–Kier alpha value is -2.98. The number of carbonyl (C=O) groups is 1. The second-order valence-electron chi connectivity index (χ2n) is 9.33. The number of hydrogen-bond donors (Lipinski definition) is 1. The van der Waals surface area contributed by atoms with Gasteiger partial charge in [0.05, 0.1) is 23.8 Å². The van der Waals surface area contributed by atoms with Crippen LogP contribution in [0.4, 0.5) is 5.69 Å².